The predicted molar refractivity (Wildman–Crippen MR) is 102 cm³/mol. The maximum Gasteiger partial charge on any atom is 0.230 e. The van der Waals surface area contributed by atoms with Crippen molar-refractivity contribution in [2.24, 2.45) is 7.05 Å². The Morgan fingerprint density at radius 3 is 2.74 bits per heavy atom. The molecule has 1 aromatic carbocycles. The van der Waals surface area contributed by atoms with E-state index in [1.807, 2.05) is 33.0 Å². The first-order valence-electron chi connectivity index (χ1n) is 9.04. The van der Waals surface area contributed by atoms with Gasteiger partial charge in [0.2, 0.25) is 5.91 Å². The van der Waals surface area contributed by atoms with E-state index in [0.29, 0.717) is 24.8 Å². The third-order valence-corrected chi connectivity index (χ3v) is 4.98. The van der Waals surface area contributed by atoms with Crippen LogP contribution in [0.25, 0.3) is 10.9 Å². The van der Waals surface area contributed by atoms with Crippen molar-refractivity contribution in [3.8, 4) is 0 Å². The third kappa shape index (κ3) is 3.28. The molecule has 0 radical (unpaired) electrons. The van der Waals surface area contributed by atoms with Gasteiger partial charge in [0, 0.05) is 25.7 Å². The summed E-state index contributed by atoms with van der Waals surface area (Å²) in [7, 11) is 1.88. The summed E-state index contributed by atoms with van der Waals surface area (Å²) in [5.74, 6) is 1.11. The van der Waals surface area contributed by atoms with Gasteiger partial charge in [0.1, 0.15) is 5.76 Å². The molecule has 2 aromatic heterocycles. The maximum atomic E-state index is 12.7. The van der Waals surface area contributed by atoms with Crippen molar-refractivity contribution >= 4 is 28.3 Å². The van der Waals surface area contributed by atoms with Gasteiger partial charge in [0.05, 0.1) is 41.9 Å². The lowest BCUT2D eigenvalue weighted by Crippen LogP contribution is -2.36. The van der Waals surface area contributed by atoms with Crippen molar-refractivity contribution in [2.45, 2.75) is 20.3 Å². The first kappa shape index (κ1) is 17.5. The van der Waals surface area contributed by atoms with Crippen LogP contribution in [0.15, 0.2) is 22.7 Å². The molecular formula is C19H23N5O3. The fourth-order valence-electron chi connectivity index (χ4n) is 3.54. The predicted octanol–water partition coefficient (Wildman–Crippen LogP) is 2.20. The number of anilines is 2. The highest BCUT2D eigenvalue weighted by Gasteiger charge is 2.21. The molecule has 8 nitrogen and oxygen atoms in total. The molecule has 3 heterocycles. The van der Waals surface area contributed by atoms with Crippen LogP contribution >= 0.6 is 0 Å². The number of fused-ring (bicyclic) bond motifs is 1. The molecule has 0 saturated carbocycles. The molecule has 8 heteroatoms. The van der Waals surface area contributed by atoms with E-state index < -0.39 is 0 Å². The molecule has 1 saturated heterocycles. The monoisotopic (exact) mass is 369 g/mol. The Bertz CT molecular complexity index is 965. The molecule has 1 amide bonds. The zero-order chi connectivity index (χ0) is 19.0. The van der Waals surface area contributed by atoms with E-state index in [2.05, 4.69) is 26.5 Å². The van der Waals surface area contributed by atoms with Gasteiger partial charge >= 0.3 is 0 Å². The number of nitrogens with one attached hydrogen (secondary N) is 1. The summed E-state index contributed by atoms with van der Waals surface area (Å²) in [6, 6.07) is 6.10. The van der Waals surface area contributed by atoms with Crippen molar-refractivity contribution in [1.82, 2.24) is 14.9 Å². The smallest absolute Gasteiger partial charge is 0.230 e. The Morgan fingerprint density at radius 1 is 1.26 bits per heavy atom. The van der Waals surface area contributed by atoms with Gasteiger partial charge < -0.3 is 19.5 Å². The van der Waals surface area contributed by atoms with Crippen LogP contribution in [-0.4, -0.2) is 47.1 Å². The number of carbonyl (C=O) groups excluding carboxylic acids is 1. The van der Waals surface area contributed by atoms with Gasteiger partial charge in [0.25, 0.3) is 0 Å². The number of rotatable bonds is 4. The number of aromatic nitrogens is 3. The second-order valence-corrected chi connectivity index (χ2v) is 6.77. The summed E-state index contributed by atoms with van der Waals surface area (Å²) < 4.78 is 12.4. The van der Waals surface area contributed by atoms with Crippen LogP contribution in [0.4, 0.5) is 11.5 Å². The molecule has 0 aliphatic carbocycles. The van der Waals surface area contributed by atoms with Crippen LogP contribution in [0.1, 0.15) is 17.0 Å². The van der Waals surface area contributed by atoms with E-state index in [4.69, 9.17) is 9.26 Å². The Morgan fingerprint density at radius 2 is 2.04 bits per heavy atom. The number of nitrogens with zero attached hydrogens (tertiary/aromatic N) is 4. The van der Waals surface area contributed by atoms with Gasteiger partial charge in [-0.1, -0.05) is 11.2 Å². The number of morpholine rings is 1. The molecule has 1 fully saturated rings. The molecule has 27 heavy (non-hydrogen) atoms. The van der Waals surface area contributed by atoms with E-state index in [1.54, 1.807) is 4.68 Å². The fraction of sp³-hybridized carbons (Fsp3) is 0.421. The van der Waals surface area contributed by atoms with Gasteiger partial charge in [-0.05, 0) is 26.0 Å². The van der Waals surface area contributed by atoms with Gasteiger partial charge in [-0.3, -0.25) is 9.48 Å². The number of benzene rings is 1. The molecule has 1 aliphatic rings. The number of aryl methyl sites for hydroxylation is 3. The Kier molecular flexibility index (Phi) is 4.57. The average Bonchev–Trinajstić information content (AvgIpc) is 3.16. The molecule has 0 atom stereocenters. The van der Waals surface area contributed by atoms with E-state index in [-0.39, 0.29) is 12.3 Å². The summed E-state index contributed by atoms with van der Waals surface area (Å²) in [4.78, 5) is 14.9. The molecular weight excluding hydrogens is 346 g/mol. The topological polar surface area (TPSA) is 85.4 Å². The van der Waals surface area contributed by atoms with Gasteiger partial charge in [-0.2, -0.15) is 5.10 Å². The minimum absolute atomic E-state index is 0.138. The minimum Gasteiger partial charge on any atom is -0.378 e. The maximum absolute atomic E-state index is 12.7. The first-order valence-corrected chi connectivity index (χ1v) is 9.04. The Balaban J connectivity index is 1.66. The van der Waals surface area contributed by atoms with E-state index in [1.165, 1.54) is 0 Å². The SMILES string of the molecule is Cc1noc(C)c1CC(=O)Nc1nn(C)c2cccc(N3CCOCC3)c12. The van der Waals surface area contributed by atoms with E-state index in [9.17, 15) is 4.79 Å². The number of amides is 1. The lowest BCUT2D eigenvalue weighted by Gasteiger charge is -2.29. The van der Waals surface area contributed by atoms with Crippen LogP contribution in [0.2, 0.25) is 0 Å². The molecule has 1 aliphatic heterocycles. The van der Waals surface area contributed by atoms with Crippen molar-refractivity contribution < 1.29 is 14.1 Å². The molecule has 0 bridgehead atoms. The van der Waals surface area contributed by atoms with Gasteiger partial charge in [0.15, 0.2) is 5.82 Å². The summed E-state index contributed by atoms with van der Waals surface area (Å²) in [5, 5.41) is 12.4. The average molecular weight is 369 g/mol. The summed E-state index contributed by atoms with van der Waals surface area (Å²) in [6.07, 6.45) is 0.207. The molecule has 142 valence electrons. The van der Waals surface area contributed by atoms with Crippen molar-refractivity contribution in [2.75, 3.05) is 36.5 Å². The molecule has 0 spiro atoms. The standard InChI is InChI=1S/C19H23N5O3/c1-12-14(13(2)27-22-12)11-17(25)20-19-18-15(23(3)21-19)5-4-6-16(18)24-7-9-26-10-8-24/h4-6H,7-11H2,1-3H3,(H,20,21,25). The lowest BCUT2D eigenvalue weighted by atomic mass is 10.1. The first-order chi connectivity index (χ1) is 13.0. The fourth-order valence-corrected chi connectivity index (χ4v) is 3.54. The quantitative estimate of drug-likeness (QED) is 0.759. The van der Waals surface area contributed by atoms with Gasteiger partial charge in [-0.15, -0.1) is 0 Å². The van der Waals surface area contributed by atoms with E-state index in [0.717, 1.165) is 40.9 Å². The molecule has 4 rings (SSSR count). The second-order valence-electron chi connectivity index (χ2n) is 6.77. The number of carbonyl (C=O) groups is 1. The highest BCUT2D eigenvalue weighted by atomic mass is 16.5. The normalized spacial score (nSPS) is 14.7. The van der Waals surface area contributed by atoms with Crippen LogP contribution < -0.4 is 10.2 Å². The minimum atomic E-state index is -0.138. The van der Waals surface area contributed by atoms with E-state index >= 15 is 0 Å². The summed E-state index contributed by atoms with van der Waals surface area (Å²) >= 11 is 0. The Hall–Kier alpha value is -2.87. The molecule has 0 unspecified atom stereocenters. The van der Waals surface area contributed by atoms with Crippen molar-refractivity contribution in [1.29, 1.82) is 0 Å². The molecule has 3 aromatic rings. The van der Waals surface area contributed by atoms with Crippen LogP contribution in [0.3, 0.4) is 0 Å². The summed E-state index contributed by atoms with van der Waals surface area (Å²) in [6.45, 7) is 6.69. The Labute approximate surface area is 157 Å². The van der Waals surface area contributed by atoms with Crippen molar-refractivity contribution in [3.05, 3.63) is 35.2 Å². The number of hydrogen-bond donors (Lipinski definition) is 1. The summed E-state index contributed by atoms with van der Waals surface area (Å²) in [5.41, 5.74) is 3.60. The third-order valence-electron chi connectivity index (χ3n) is 4.98. The molecule has 1 N–H and O–H groups in total. The van der Waals surface area contributed by atoms with Gasteiger partial charge in [-0.25, -0.2) is 0 Å². The van der Waals surface area contributed by atoms with Crippen molar-refractivity contribution in [3.63, 3.8) is 0 Å². The largest absolute Gasteiger partial charge is 0.378 e. The number of ether oxygens (including phenoxy) is 1. The van der Waals surface area contributed by atoms with Crippen LogP contribution in [-0.2, 0) is 23.0 Å². The second kappa shape index (κ2) is 7.03. The highest BCUT2D eigenvalue weighted by Crippen LogP contribution is 2.33. The zero-order valence-electron chi connectivity index (χ0n) is 15.8. The highest BCUT2D eigenvalue weighted by molar-refractivity contribution is 6.06. The number of hydrogen-bond acceptors (Lipinski definition) is 6. The zero-order valence-corrected chi connectivity index (χ0v) is 15.8. The lowest BCUT2D eigenvalue weighted by molar-refractivity contribution is -0.115. The van der Waals surface area contributed by atoms with Crippen LogP contribution in [0.5, 0.6) is 0 Å². The van der Waals surface area contributed by atoms with Crippen LogP contribution in [0, 0.1) is 13.8 Å².